The Labute approximate surface area is 145 Å². The molecule has 0 heterocycles. The minimum Gasteiger partial charge on any atom is -0.462 e. The van der Waals surface area contributed by atoms with Gasteiger partial charge in [-0.2, -0.15) is 0 Å². The Hall–Kier alpha value is -2.35. The highest BCUT2D eigenvalue weighted by Crippen LogP contribution is 2.23. The van der Waals surface area contributed by atoms with Gasteiger partial charge in [0.15, 0.2) is 0 Å². The minimum atomic E-state index is -0.277. The SMILES string of the molecule is CCCCC(C)COC(=O)C=C(c1ccccc1)c1ccccc1. The summed E-state index contributed by atoms with van der Waals surface area (Å²) in [5.41, 5.74) is 2.92. The van der Waals surface area contributed by atoms with Crippen LogP contribution in [0.4, 0.5) is 0 Å². The summed E-state index contributed by atoms with van der Waals surface area (Å²) in [6.07, 6.45) is 5.05. The average molecular weight is 322 g/mol. The Balaban J connectivity index is 2.12. The van der Waals surface area contributed by atoms with E-state index in [1.165, 1.54) is 12.8 Å². The van der Waals surface area contributed by atoms with E-state index in [4.69, 9.17) is 4.74 Å². The molecule has 0 radical (unpaired) electrons. The van der Waals surface area contributed by atoms with E-state index in [0.717, 1.165) is 23.1 Å². The first-order valence-corrected chi connectivity index (χ1v) is 8.70. The maximum atomic E-state index is 12.3. The Bertz CT molecular complexity index is 603. The molecule has 2 nitrogen and oxygen atoms in total. The van der Waals surface area contributed by atoms with Gasteiger partial charge in [-0.1, -0.05) is 87.4 Å². The highest BCUT2D eigenvalue weighted by molar-refractivity contribution is 5.96. The largest absolute Gasteiger partial charge is 0.462 e. The molecule has 1 unspecified atom stereocenters. The summed E-state index contributed by atoms with van der Waals surface area (Å²) in [7, 11) is 0. The highest BCUT2D eigenvalue weighted by atomic mass is 16.5. The normalized spacial score (nSPS) is 11.6. The molecule has 0 amide bonds. The molecular weight excluding hydrogens is 296 g/mol. The zero-order valence-electron chi connectivity index (χ0n) is 14.6. The van der Waals surface area contributed by atoms with Crippen LogP contribution in [0, 0.1) is 5.92 Å². The van der Waals surface area contributed by atoms with Gasteiger partial charge in [-0.05, 0) is 29.0 Å². The second-order valence-electron chi connectivity index (χ2n) is 6.17. The predicted octanol–water partition coefficient (Wildman–Crippen LogP) is 5.49. The van der Waals surface area contributed by atoms with Crippen molar-refractivity contribution in [3.05, 3.63) is 77.9 Å². The molecule has 0 bridgehead atoms. The molecule has 0 aliphatic carbocycles. The smallest absolute Gasteiger partial charge is 0.331 e. The van der Waals surface area contributed by atoms with Crippen molar-refractivity contribution in [2.24, 2.45) is 5.92 Å². The van der Waals surface area contributed by atoms with Crippen molar-refractivity contribution in [3.63, 3.8) is 0 Å². The second-order valence-corrected chi connectivity index (χ2v) is 6.17. The number of unbranched alkanes of at least 4 members (excludes halogenated alkanes) is 1. The molecule has 1 atom stereocenters. The van der Waals surface area contributed by atoms with Crippen molar-refractivity contribution in [2.45, 2.75) is 33.1 Å². The predicted molar refractivity (Wildman–Crippen MR) is 99.6 cm³/mol. The van der Waals surface area contributed by atoms with Gasteiger partial charge in [0.2, 0.25) is 0 Å². The fraction of sp³-hybridized carbons (Fsp3) is 0.318. The van der Waals surface area contributed by atoms with E-state index < -0.39 is 0 Å². The van der Waals surface area contributed by atoms with Crippen LogP contribution in [0.3, 0.4) is 0 Å². The number of esters is 1. The van der Waals surface area contributed by atoms with Gasteiger partial charge < -0.3 is 4.74 Å². The Morgan fingerprint density at radius 3 is 2.04 bits per heavy atom. The number of benzene rings is 2. The fourth-order valence-electron chi connectivity index (χ4n) is 2.59. The van der Waals surface area contributed by atoms with Crippen molar-refractivity contribution in [1.82, 2.24) is 0 Å². The summed E-state index contributed by atoms with van der Waals surface area (Å²) < 4.78 is 5.46. The number of carbonyl (C=O) groups is 1. The van der Waals surface area contributed by atoms with Crippen LogP contribution in [0.5, 0.6) is 0 Å². The van der Waals surface area contributed by atoms with E-state index in [1.54, 1.807) is 6.08 Å². The van der Waals surface area contributed by atoms with Crippen molar-refractivity contribution >= 4 is 11.5 Å². The molecule has 24 heavy (non-hydrogen) atoms. The van der Waals surface area contributed by atoms with Crippen molar-refractivity contribution < 1.29 is 9.53 Å². The zero-order chi connectivity index (χ0) is 17.2. The molecule has 0 fully saturated rings. The number of rotatable bonds is 8. The lowest BCUT2D eigenvalue weighted by molar-refractivity contribution is -0.138. The van der Waals surface area contributed by atoms with E-state index in [2.05, 4.69) is 13.8 Å². The quantitative estimate of drug-likeness (QED) is 0.474. The third-order valence-electron chi connectivity index (χ3n) is 3.99. The zero-order valence-corrected chi connectivity index (χ0v) is 14.6. The van der Waals surface area contributed by atoms with Crippen molar-refractivity contribution in [2.75, 3.05) is 6.61 Å². The van der Waals surface area contributed by atoms with Crippen LogP contribution in [0.2, 0.25) is 0 Å². The third kappa shape index (κ3) is 5.69. The maximum absolute atomic E-state index is 12.3. The second kappa shape index (κ2) is 9.71. The van der Waals surface area contributed by atoms with E-state index in [0.29, 0.717) is 12.5 Å². The average Bonchev–Trinajstić information content (AvgIpc) is 2.64. The molecule has 0 saturated carbocycles. The van der Waals surface area contributed by atoms with Crippen LogP contribution in [-0.2, 0) is 9.53 Å². The van der Waals surface area contributed by atoms with Gasteiger partial charge in [0.25, 0.3) is 0 Å². The molecule has 0 saturated heterocycles. The van der Waals surface area contributed by atoms with Crippen LogP contribution in [0.1, 0.15) is 44.2 Å². The van der Waals surface area contributed by atoms with Gasteiger partial charge in [0.05, 0.1) is 6.61 Å². The molecule has 2 aromatic rings. The van der Waals surface area contributed by atoms with Crippen LogP contribution in [0.25, 0.3) is 5.57 Å². The van der Waals surface area contributed by atoms with Gasteiger partial charge >= 0.3 is 5.97 Å². The molecule has 2 rings (SSSR count). The number of hydrogen-bond donors (Lipinski definition) is 0. The fourth-order valence-corrected chi connectivity index (χ4v) is 2.59. The van der Waals surface area contributed by atoms with Gasteiger partial charge in [-0.25, -0.2) is 4.79 Å². The van der Waals surface area contributed by atoms with Crippen LogP contribution in [0.15, 0.2) is 66.7 Å². The Kier molecular flexibility index (Phi) is 7.28. The summed E-state index contributed by atoms with van der Waals surface area (Å²) in [5.74, 6) is 0.125. The van der Waals surface area contributed by atoms with E-state index in [-0.39, 0.29) is 5.97 Å². The lowest BCUT2D eigenvalue weighted by atomic mass is 9.98. The molecule has 0 N–H and O–H groups in total. The molecule has 0 aromatic heterocycles. The summed E-state index contributed by atoms with van der Waals surface area (Å²) in [5, 5.41) is 0. The van der Waals surface area contributed by atoms with E-state index in [1.807, 2.05) is 60.7 Å². The topological polar surface area (TPSA) is 26.3 Å². The standard InChI is InChI=1S/C22H26O2/c1-3-4-11-18(2)17-24-22(23)16-21(19-12-7-5-8-13-19)20-14-9-6-10-15-20/h5-10,12-16,18H,3-4,11,17H2,1-2H3. The summed E-state index contributed by atoms with van der Waals surface area (Å²) in [4.78, 5) is 12.3. The number of carbonyl (C=O) groups excluding carboxylic acids is 1. The molecule has 2 aromatic carbocycles. The van der Waals surface area contributed by atoms with E-state index in [9.17, 15) is 4.79 Å². The van der Waals surface area contributed by atoms with Gasteiger partial charge in [-0.15, -0.1) is 0 Å². The first-order valence-electron chi connectivity index (χ1n) is 8.70. The summed E-state index contributed by atoms with van der Waals surface area (Å²) in [6, 6.07) is 19.9. The summed E-state index contributed by atoms with van der Waals surface area (Å²) in [6.45, 7) is 4.78. The maximum Gasteiger partial charge on any atom is 0.331 e. The number of hydrogen-bond acceptors (Lipinski definition) is 2. The van der Waals surface area contributed by atoms with Crippen LogP contribution >= 0.6 is 0 Å². The minimum absolute atomic E-state index is 0.277. The molecule has 0 spiro atoms. The first kappa shape index (κ1) is 18.0. The molecule has 126 valence electrons. The Morgan fingerprint density at radius 2 is 1.54 bits per heavy atom. The highest BCUT2D eigenvalue weighted by Gasteiger charge is 2.10. The molecule has 2 heteroatoms. The van der Waals surface area contributed by atoms with Crippen LogP contribution < -0.4 is 0 Å². The van der Waals surface area contributed by atoms with Gasteiger partial charge in [-0.3, -0.25) is 0 Å². The van der Waals surface area contributed by atoms with E-state index >= 15 is 0 Å². The lowest BCUT2D eigenvalue weighted by Crippen LogP contribution is -2.10. The van der Waals surface area contributed by atoms with Gasteiger partial charge in [0, 0.05) is 6.08 Å². The van der Waals surface area contributed by atoms with Gasteiger partial charge in [0.1, 0.15) is 0 Å². The van der Waals surface area contributed by atoms with Crippen LogP contribution in [-0.4, -0.2) is 12.6 Å². The molecular formula is C22H26O2. The monoisotopic (exact) mass is 322 g/mol. The van der Waals surface area contributed by atoms with Crippen molar-refractivity contribution in [3.8, 4) is 0 Å². The number of ether oxygens (including phenoxy) is 1. The van der Waals surface area contributed by atoms with Crippen molar-refractivity contribution in [1.29, 1.82) is 0 Å². The first-order chi connectivity index (χ1) is 11.7. The summed E-state index contributed by atoms with van der Waals surface area (Å²) >= 11 is 0. The molecule has 0 aliphatic heterocycles. The third-order valence-corrected chi connectivity index (χ3v) is 3.99. The molecule has 0 aliphatic rings. The Morgan fingerprint density at radius 1 is 1.00 bits per heavy atom. The lowest BCUT2D eigenvalue weighted by Gasteiger charge is -2.12.